The van der Waals surface area contributed by atoms with Gasteiger partial charge in [0.05, 0.1) is 0 Å². The quantitative estimate of drug-likeness (QED) is 0.286. The van der Waals surface area contributed by atoms with Crippen LogP contribution in [-0.4, -0.2) is 14.4 Å². The van der Waals surface area contributed by atoms with Crippen LogP contribution in [0, 0.1) is 0 Å². The lowest BCUT2D eigenvalue weighted by molar-refractivity contribution is 0.943. The molecule has 0 aromatic carbocycles. The predicted octanol–water partition coefficient (Wildman–Crippen LogP) is 8.07. The van der Waals surface area contributed by atoms with Crippen LogP contribution in [0.5, 0.6) is 0 Å². The zero-order valence-corrected chi connectivity index (χ0v) is 18.7. The second-order valence-corrected chi connectivity index (χ2v) is 22.5. The third kappa shape index (κ3) is 7.74. The van der Waals surface area contributed by atoms with Crippen molar-refractivity contribution in [3.63, 3.8) is 0 Å². The van der Waals surface area contributed by atoms with E-state index in [0.717, 1.165) is 0 Å². The fourth-order valence-electron chi connectivity index (χ4n) is 4.25. The summed E-state index contributed by atoms with van der Waals surface area (Å²) in [5.41, 5.74) is 0. The van der Waals surface area contributed by atoms with Crippen LogP contribution in [0.1, 0.15) is 80.1 Å². The van der Waals surface area contributed by atoms with Crippen LogP contribution < -0.4 is 0 Å². The molecule has 0 nitrogen and oxygen atoms in total. The molecule has 3 heteroatoms. The second kappa shape index (κ2) is 12.2. The Morgan fingerprint density at radius 3 is 0.762 bits per heavy atom. The molecule has 128 valence electrons. The molecular formula is C18H42SSi2. The van der Waals surface area contributed by atoms with Gasteiger partial charge in [-0.1, -0.05) is 80.1 Å². The number of hydrogen-bond donors (Lipinski definition) is 0. The Labute approximate surface area is 141 Å². The van der Waals surface area contributed by atoms with Gasteiger partial charge < -0.3 is 0 Å². The third-order valence-electron chi connectivity index (χ3n) is 4.67. The summed E-state index contributed by atoms with van der Waals surface area (Å²) in [6.45, 7) is 14.6. The Bertz CT molecular complexity index is 185. The van der Waals surface area contributed by atoms with Crippen LogP contribution in [0.15, 0.2) is 0 Å². The highest BCUT2D eigenvalue weighted by atomic mass is 32.5. The summed E-state index contributed by atoms with van der Waals surface area (Å²) < 4.78 is 0. The van der Waals surface area contributed by atoms with Gasteiger partial charge in [0.15, 0.2) is 0 Å². The fourth-order valence-corrected chi connectivity index (χ4v) is 34.8. The van der Waals surface area contributed by atoms with Crippen molar-refractivity contribution in [2.24, 2.45) is 0 Å². The predicted molar refractivity (Wildman–Crippen MR) is 110 cm³/mol. The molecule has 0 radical (unpaired) electrons. The minimum Gasteiger partial charge on any atom is -0.205 e. The lowest BCUT2D eigenvalue weighted by Crippen LogP contribution is -2.41. The van der Waals surface area contributed by atoms with Crippen LogP contribution in [0.3, 0.4) is 0 Å². The molecule has 0 atom stereocenters. The minimum atomic E-state index is -1.06. The fraction of sp³-hybridized carbons (Fsp3) is 1.00. The van der Waals surface area contributed by atoms with Gasteiger partial charge in [0, 0.05) is 0 Å². The Morgan fingerprint density at radius 1 is 0.429 bits per heavy atom. The van der Waals surface area contributed by atoms with E-state index in [-0.39, 0.29) is 0 Å². The summed E-state index contributed by atoms with van der Waals surface area (Å²) in [6.07, 6.45) is 8.55. The smallest absolute Gasteiger partial charge is 0.110 e. The molecule has 0 saturated heterocycles. The number of hydrogen-bond acceptors (Lipinski definition) is 1. The summed E-state index contributed by atoms with van der Waals surface area (Å²) in [5.74, 6) is 0. The van der Waals surface area contributed by atoms with Crippen molar-refractivity contribution in [3.05, 3.63) is 0 Å². The zero-order chi connectivity index (χ0) is 16.2. The maximum Gasteiger partial charge on any atom is 0.110 e. The molecule has 0 saturated carbocycles. The van der Waals surface area contributed by atoms with E-state index in [1.165, 1.54) is 38.5 Å². The topological polar surface area (TPSA) is 0 Å². The van der Waals surface area contributed by atoms with Crippen molar-refractivity contribution in [3.8, 4) is 0 Å². The summed E-state index contributed by atoms with van der Waals surface area (Å²) in [7, 11) is 0.581. The second-order valence-electron chi connectivity index (χ2n) is 6.97. The molecule has 0 fully saturated rings. The maximum absolute atomic E-state index is 2.71. The molecule has 0 unspecified atom stereocenters. The summed E-state index contributed by atoms with van der Waals surface area (Å²) >= 11 is 0. The largest absolute Gasteiger partial charge is 0.205 e. The van der Waals surface area contributed by atoms with Crippen LogP contribution >= 0.6 is 10.7 Å². The molecule has 21 heavy (non-hydrogen) atoms. The van der Waals surface area contributed by atoms with Crippen molar-refractivity contribution in [2.75, 3.05) is 0 Å². The van der Waals surface area contributed by atoms with E-state index >= 15 is 0 Å². The highest BCUT2D eigenvalue weighted by molar-refractivity contribution is 8.50. The van der Waals surface area contributed by atoms with E-state index in [0.29, 0.717) is 0 Å². The lowest BCUT2D eigenvalue weighted by atomic mass is 10.6. The average Bonchev–Trinajstić information content (AvgIpc) is 2.40. The Kier molecular flexibility index (Phi) is 12.7. The van der Waals surface area contributed by atoms with Gasteiger partial charge in [0.25, 0.3) is 0 Å². The van der Waals surface area contributed by atoms with Crippen LogP contribution in [0.4, 0.5) is 0 Å². The highest BCUT2D eigenvalue weighted by Crippen LogP contribution is 2.48. The molecule has 0 rings (SSSR count). The van der Waals surface area contributed by atoms with Crippen LogP contribution in [0.2, 0.25) is 36.3 Å². The lowest BCUT2D eigenvalue weighted by Gasteiger charge is -2.41. The monoisotopic (exact) mass is 346 g/mol. The zero-order valence-electron chi connectivity index (χ0n) is 15.9. The van der Waals surface area contributed by atoms with Crippen molar-refractivity contribution in [2.45, 2.75) is 116 Å². The summed E-state index contributed by atoms with van der Waals surface area (Å²) in [6, 6.07) is 9.53. The molecule has 0 aliphatic carbocycles. The van der Waals surface area contributed by atoms with Crippen molar-refractivity contribution in [1.29, 1.82) is 0 Å². The first kappa shape index (κ1) is 21.8. The van der Waals surface area contributed by atoms with E-state index < -0.39 is 14.4 Å². The molecule has 0 heterocycles. The Balaban J connectivity index is 5.30. The van der Waals surface area contributed by atoms with Crippen LogP contribution in [0.25, 0.3) is 0 Å². The Hall–Kier alpha value is 0.784. The van der Waals surface area contributed by atoms with E-state index in [2.05, 4.69) is 52.2 Å². The van der Waals surface area contributed by atoms with Gasteiger partial charge >= 0.3 is 0 Å². The normalized spacial score (nSPS) is 12.9. The summed E-state index contributed by atoms with van der Waals surface area (Å²) in [5, 5.41) is 0. The van der Waals surface area contributed by atoms with Gasteiger partial charge in [-0.15, -0.1) is 0 Å². The van der Waals surface area contributed by atoms with E-state index in [9.17, 15) is 0 Å². The first-order valence-corrected chi connectivity index (χ1v) is 17.3. The molecular weight excluding hydrogens is 304 g/mol. The van der Waals surface area contributed by atoms with Gasteiger partial charge in [-0.2, -0.15) is 0 Å². The highest BCUT2D eigenvalue weighted by Gasteiger charge is 2.41. The molecule has 0 bridgehead atoms. The standard InChI is InChI=1S/C18H42SSi2/c1-7-13-20(14-8-2,15-9-3)19-21(16-10-4,17-11-5)18-12-6/h7-18H2,1-6H3. The number of rotatable bonds is 14. The average molecular weight is 347 g/mol. The maximum atomic E-state index is 2.71. The molecule has 0 aliphatic rings. The van der Waals surface area contributed by atoms with Crippen LogP contribution in [-0.2, 0) is 0 Å². The summed E-state index contributed by atoms with van der Waals surface area (Å²) in [4.78, 5) is 0. The Morgan fingerprint density at radius 2 is 0.619 bits per heavy atom. The molecule has 0 aromatic rings. The first-order chi connectivity index (χ1) is 10.1. The molecule has 0 aromatic heterocycles. The van der Waals surface area contributed by atoms with E-state index in [4.69, 9.17) is 0 Å². The SMILES string of the molecule is CCC[Si](CCC)(CCC)S[Si](CCC)(CCC)CCC. The third-order valence-corrected chi connectivity index (χ3v) is 28.1. The van der Waals surface area contributed by atoms with Gasteiger partial charge in [0.1, 0.15) is 14.4 Å². The van der Waals surface area contributed by atoms with Crippen molar-refractivity contribution < 1.29 is 0 Å². The van der Waals surface area contributed by atoms with Gasteiger partial charge in [-0.25, -0.2) is 10.7 Å². The van der Waals surface area contributed by atoms with Gasteiger partial charge in [0.2, 0.25) is 0 Å². The van der Waals surface area contributed by atoms with Crippen molar-refractivity contribution >= 4 is 25.1 Å². The van der Waals surface area contributed by atoms with E-state index in [1.54, 1.807) is 36.3 Å². The molecule has 0 aliphatic heterocycles. The minimum absolute atomic E-state index is 1.06. The molecule has 0 amide bonds. The van der Waals surface area contributed by atoms with E-state index in [1.807, 2.05) is 0 Å². The van der Waals surface area contributed by atoms with Crippen molar-refractivity contribution in [1.82, 2.24) is 0 Å². The molecule has 0 N–H and O–H groups in total. The first-order valence-electron chi connectivity index (χ1n) is 9.77. The van der Waals surface area contributed by atoms with Gasteiger partial charge in [-0.3, -0.25) is 0 Å². The van der Waals surface area contributed by atoms with Gasteiger partial charge in [-0.05, 0) is 36.3 Å². The molecule has 0 spiro atoms.